The fourth-order valence-electron chi connectivity index (χ4n) is 1.83. The zero-order valence-electron chi connectivity index (χ0n) is 10.9. The Morgan fingerprint density at radius 2 is 2.17 bits per heavy atom. The van der Waals surface area contributed by atoms with Crippen molar-refractivity contribution in [2.24, 2.45) is 0 Å². The normalized spacial score (nSPS) is 10.6. The number of hydrogen-bond acceptors (Lipinski definition) is 4. The molecule has 0 unspecified atom stereocenters. The van der Waals surface area contributed by atoms with E-state index in [-0.39, 0.29) is 0 Å². The van der Waals surface area contributed by atoms with Crippen LogP contribution in [0.4, 0.5) is 10.8 Å². The topological polar surface area (TPSA) is 42.1 Å². The van der Waals surface area contributed by atoms with Gasteiger partial charge >= 0.3 is 0 Å². The molecule has 0 atom stereocenters. The van der Waals surface area contributed by atoms with E-state index in [1.807, 2.05) is 18.2 Å². The van der Waals surface area contributed by atoms with Gasteiger partial charge in [-0.05, 0) is 31.0 Å². The molecule has 0 aliphatic rings. The largest absolute Gasteiger partial charge is 0.399 e. The first-order valence-electron chi connectivity index (χ1n) is 6.26. The lowest BCUT2D eigenvalue weighted by molar-refractivity contribution is 0.822. The molecule has 0 radical (unpaired) electrons. The average Bonchev–Trinajstić information content (AvgIpc) is 2.84. The zero-order chi connectivity index (χ0) is 13.0. The van der Waals surface area contributed by atoms with E-state index in [4.69, 9.17) is 5.73 Å². The maximum absolute atomic E-state index is 5.81. The van der Waals surface area contributed by atoms with E-state index in [2.05, 4.69) is 35.2 Å². The molecule has 18 heavy (non-hydrogen) atoms. The van der Waals surface area contributed by atoms with E-state index in [1.54, 1.807) is 11.3 Å². The van der Waals surface area contributed by atoms with E-state index in [0.29, 0.717) is 0 Å². The predicted octanol–water partition coefficient (Wildman–Crippen LogP) is 3.31. The molecular weight excluding hydrogens is 242 g/mol. The fraction of sp³-hybridized carbons (Fsp3) is 0.357. The third kappa shape index (κ3) is 3.01. The number of hydrogen-bond donors (Lipinski definition) is 1. The van der Waals surface area contributed by atoms with Gasteiger partial charge in [0.1, 0.15) is 0 Å². The molecule has 2 aromatic rings. The molecule has 1 aromatic carbocycles. The van der Waals surface area contributed by atoms with E-state index in [1.165, 1.54) is 11.3 Å². The molecule has 0 fully saturated rings. The molecule has 0 amide bonds. The summed E-state index contributed by atoms with van der Waals surface area (Å²) in [7, 11) is 0. The zero-order valence-corrected chi connectivity index (χ0v) is 11.7. The molecule has 0 saturated carbocycles. The van der Waals surface area contributed by atoms with Gasteiger partial charge in [-0.1, -0.05) is 19.1 Å². The van der Waals surface area contributed by atoms with Crippen molar-refractivity contribution in [1.29, 1.82) is 0 Å². The number of nitrogen functional groups attached to an aromatic ring is 1. The summed E-state index contributed by atoms with van der Waals surface area (Å²) in [6.45, 7) is 6.09. The molecule has 0 bridgehead atoms. The van der Waals surface area contributed by atoms with Crippen molar-refractivity contribution in [3.05, 3.63) is 40.9 Å². The van der Waals surface area contributed by atoms with E-state index >= 15 is 0 Å². The number of aryl methyl sites for hydroxylation is 1. The highest BCUT2D eigenvalue weighted by molar-refractivity contribution is 7.13. The van der Waals surface area contributed by atoms with Crippen LogP contribution in [0, 0.1) is 0 Å². The van der Waals surface area contributed by atoms with Crippen LogP contribution < -0.4 is 10.6 Å². The van der Waals surface area contributed by atoms with Crippen LogP contribution in [0.25, 0.3) is 0 Å². The third-order valence-electron chi connectivity index (χ3n) is 2.88. The first kappa shape index (κ1) is 12.9. The quantitative estimate of drug-likeness (QED) is 0.840. The number of rotatable bonds is 5. The van der Waals surface area contributed by atoms with Gasteiger partial charge in [-0.25, -0.2) is 4.98 Å². The van der Waals surface area contributed by atoms with Crippen LogP contribution in [-0.2, 0) is 13.0 Å². The van der Waals surface area contributed by atoms with Crippen molar-refractivity contribution >= 4 is 22.2 Å². The van der Waals surface area contributed by atoms with Gasteiger partial charge in [0.05, 0.1) is 5.69 Å². The smallest absolute Gasteiger partial charge is 0.185 e. The van der Waals surface area contributed by atoms with Crippen LogP contribution in [-0.4, -0.2) is 11.5 Å². The minimum atomic E-state index is 0.817. The first-order chi connectivity index (χ1) is 8.72. The summed E-state index contributed by atoms with van der Waals surface area (Å²) < 4.78 is 0. The fourth-order valence-corrected chi connectivity index (χ4v) is 2.80. The number of nitrogens with zero attached hydrogens (tertiary/aromatic N) is 2. The molecule has 3 nitrogen and oxygen atoms in total. The minimum Gasteiger partial charge on any atom is -0.399 e. The second-order valence-electron chi connectivity index (χ2n) is 4.23. The lowest BCUT2D eigenvalue weighted by Crippen LogP contribution is -2.21. The maximum Gasteiger partial charge on any atom is 0.185 e. The van der Waals surface area contributed by atoms with Crippen LogP contribution >= 0.6 is 11.3 Å². The molecule has 0 aliphatic heterocycles. The number of benzene rings is 1. The van der Waals surface area contributed by atoms with Crippen molar-refractivity contribution in [2.45, 2.75) is 26.8 Å². The van der Waals surface area contributed by atoms with Crippen LogP contribution in [0.3, 0.4) is 0 Å². The molecule has 2 rings (SSSR count). The Kier molecular flexibility index (Phi) is 4.20. The summed E-state index contributed by atoms with van der Waals surface area (Å²) in [4.78, 5) is 6.91. The highest BCUT2D eigenvalue weighted by Crippen LogP contribution is 2.23. The van der Waals surface area contributed by atoms with Crippen molar-refractivity contribution < 1.29 is 0 Å². The number of anilines is 2. The monoisotopic (exact) mass is 261 g/mol. The molecule has 0 saturated heterocycles. The standard InChI is InChI=1S/C14H19N3S/c1-3-13-10-18-14(16-13)17(4-2)9-11-6-5-7-12(15)8-11/h5-8,10H,3-4,9,15H2,1-2H3. The summed E-state index contributed by atoms with van der Waals surface area (Å²) >= 11 is 1.71. The molecule has 96 valence electrons. The molecule has 1 aromatic heterocycles. The number of aromatic nitrogens is 1. The molecular formula is C14H19N3S. The van der Waals surface area contributed by atoms with Crippen molar-refractivity contribution in [2.75, 3.05) is 17.2 Å². The Morgan fingerprint density at radius 1 is 1.33 bits per heavy atom. The highest BCUT2D eigenvalue weighted by atomic mass is 32.1. The summed E-state index contributed by atoms with van der Waals surface area (Å²) in [6, 6.07) is 8.04. The maximum atomic E-state index is 5.81. The predicted molar refractivity (Wildman–Crippen MR) is 79.1 cm³/mol. The highest BCUT2D eigenvalue weighted by Gasteiger charge is 2.09. The second-order valence-corrected chi connectivity index (χ2v) is 5.07. The Morgan fingerprint density at radius 3 is 2.78 bits per heavy atom. The van der Waals surface area contributed by atoms with Gasteiger partial charge in [-0.15, -0.1) is 11.3 Å². The molecule has 1 heterocycles. The van der Waals surface area contributed by atoms with Gasteiger partial charge in [0.2, 0.25) is 0 Å². The lowest BCUT2D eigenvalue weighted by atomic mass is 10.2. The lowest BCUT2D eigenvalue weighted by Gasteiger charge is -2.20. The van der Waals surface area contributed by atoms with Crippen molar-refractivity contribution in [3.8, 4) is 0 Å². The van der Waals surface area contributed by atoms with Crippen molar-refractivity contribution in [3.63, 3.8) is 0 Å². The third-order valence-corrected chi connectivity index (χ3v) is 3.83. The van der Waals surface area contributed by atoms with Gasteiger partial charge in [0.15, 0.2) is 5.13 Å². The summed E-state index contributed by atoms with van der Waals surface area (Å²) in [5.74, 6) is 0. The second kappa shape index (κ2) is 5.87. The van der Waals surface area contributed by atoms with Crippen LogP contribution in [0.2, 0.25) is 0 Å². The number of thiazole rings is 1. The summed E-state index contributed by atoms with van der Waals surface area (Å²) in [5.41, 5.74) is 9.02. The van der Waals surface area contributed by atoms with Gasteiger partial charge in [-0.3, -0.25) is 0 Å². The van der Waals surface area contributed by atoms with E-state index in [9.17, 15) is 0 Å². The Bertz CT molecular complexity index is 507. The first-order valence-corrected chi connectivity index (χ1v) is 7.14. The van der Waals surface area contributed by atoms with Crippen LogP contribution in [0.5, 0.6) is 0 Å². The average molecular weight is 261 g/mol. The number of nitrogens with two attached hydrogens (primary N) is 1. The van der Waals surface area contributed by atoms with Crippen molar-refractivity contribution in [1.82, 2.24) is 4.98 Å². The molecule has 0 aliphatic carbocycles. The van der Waals surface area contributed by atoms with Gasteiger partial charge < -0.3 is 10.6 Å². The summed E-state index contributed by atoms with van der Waals surface area (Å²) in [5, 5.41) is 3.23. The molecule has 2 N–H and O–H groups in total. The Balaban J connectivity index is 2.14. The van der Waals surface area contributed by atoms with Gasteiger partial charge in [-0.2, -0.15) is 0 Å². The Labute approximate surface area is 112 Å². The van der Waals surface area contributed by atoms with Crippen LogP contribution in [0.1, 0.15) is 25.1 Å². The molecule has 0 spiro atoms. The van der Waals surface area contributed by atoms with Gasteiger partial charge in [0.25, 0.3) is 0 Å². The van der Waals surface area contributed by atoms with Crippen LogP contribution in [0.15, 0.2) is 29.6 Å². The van der Waals surface area contributed by atoms with E-state index < -0.39 is 0 Å². The van der Waals surface area contributed by atoms with E-state index in [0.717, 1.165) is 30.3 Å². The SMILES string of the molecule is CCc1csc(N(CC)Cc2cccc(N)c2)n1. The van der Waals surface area contributed by atoms with Gasteiger partial charge in [0, 0.05) is 24.2 Å². The summed E-state index contributed by atoms with van der Waals surface area (Å²) in [6.07, 6.45) is 0.992. The minimum absolute atomic E-state index is 0.817. The molecule has 4 heteroatoms. The Hall–Kier alpha value is -1.55.